The molecular weight excluding hydrogens is 232 g/mol. The van der Waals surface area contributed by atoms with Gasteiger partial charge in [0.2, 0.25) is 0 Å². The van der Waals surface area contributed by atoms with Crippen molar-refractivity contribution in [3.63, 3.8) is 0 Å². The highest BCUT2D eigenvalue weighted by Crippen LogP contribution is 2.28. The van der Waals surface area contributed by atoms with Gasteiger partial charge >= 0.3 is 0 Å². The molecule has 94 valence electrons. The zero-order chi connectivity index (χ0) is 13.1. The second-order valence-corrected chi connectivity index (χ2v) is 4.16. The van der Waals surface area contributed by atoms with E-state index in [-0.39, 0.29) is 16.7 Å². The SMILES string of the molecule is Cc1ccc(NC(C)c2ccn[nH]2)c([N+](=O)[O-])c1. The molecule has 0 amide bonds. The van der Waals surface area contributed by atoms with Crippen molar-refractivity contribution in [1.29, 1.82) is 0 Å². The highest BCUT2D eigenvalue weighted by molar-refractivity contribution is 5.63. The molecule has 0 aliphatic carbocycles. The first-order valence-corrected chi connectivity index (χ1v) is 5.59. The highest BCUT2D eigenvalue weighted by atomic mass is 16.6. The number of H-pyrrole nitrogens is 1. The normalized spacial score (nSPS) is 12.1. The van der Waals surface area contributed by atoms with Crippen LogP contribution in [0.2, 0.25) is 0 Å². The van der Waals surface area contributed by atoms with Crippen LogP contribution in [0.25, 0.3) is 0 Å². The quantitative estimate of drug-likeness (QED) is 0.641. The summed E-state index contributed by atoms with van der Waals surface area (Å²) in [7, 11) is 0. The Hall–Kier alpha value is -2.37. The Morgan fingerprint density at radius 2 is 2.22 bits per heavy atom. The Morgan fingerprint density at radius 3 is 2.83 bits per heavy atom. The van der Waals surface area contributed by atoms with Crippen LogP contribution in [0.15, 0.2) is 30.5 Å². The van der Waals surface area contributed by atoms with Gasteiger partial charge in [-0.3, -0.25) is 15.2 Å². The molecule has 1 unspecified atom stereocenters. The first kappa shape index (κ1) is 12.1. The fourth-order valence-electron chi connectivity index (χ4n) is 1.73. The predicted molar refractivity (Wildman–Crippen MR) is 68.5 cm³/mol. The molecule has 1 heterocycles. The van der Waals surface area contributed by atoms with Gasteiger partial charge in [-0.15, -0.1) is 0 Å². The first-order valence-electron chi connectivity index (χ1n) is 5.59. The standard InChI is InChI=1S/C12H14N4O2/c1-8-3-4-11(12(7-8)16(17)18)14-9(2)10-5-6-13-15-10/h3-7,9,14H,1-2H3,(H,13,15). The predicted octanol–water partition coefficient (Wildman–Crippen LogP) is 2.80. The van der Waals surface area contributed by atoms with Crippen LogP contribution in [0.5, 0.6) is 0 Å². The molecule has 0 aliphatic heterocycles. The van der Waals surface area contributed by atoms with E-state index < -0.39 is 0 Å². The van der Waals surface area contributed by atoms with Gasteiger partial charge in [0.15, 0.2) is 0 Å². The molecule has 1 aromatic carbocycles. The molecule has 0 radical (unpaired) electrons. The van der Waals surface area contributed by atoms with Gasteiger partial charge in [-0.25, -0.2) is 0 Å². The summed E-state index contributed by atoms with van der Waals surface area (Å²) in [6, 6.07) is 6.88. The van der Waals surface area contributed by atoms with Crippen LogP contribution >= 0.6 is 0 Å². The van der Waals surface area contributed by atoms with E-state index in [1.807, 2.05) is 26.0 Å². The minimum absolute atomic E-state index is 0.0751. The lowest BCUT2D eigenvalue weighted by Gasteiger charge is -2.13. The number of hydrogen-bond donors (Lipinski definition) is 2. The molecule has 0 saturated heterocycles. The zero-order valence-corrected chi connectivity index (χ0v) is 10.2. The summed E-state index contributed by atoms with van der Waals surface area (Å²) < 4.78 is 0. The van der Waals surface area contributed by atoms with Gasteiger partial charge in [0, 0.05) is 12.3 Å². The number of aromatic amines is 1. The minimum atomic E-state index is -0.380. The monoisotopic (exact) mass is 246 g/mol. The minimum Gasteiger partial charge on any atom is -0.371 e. The molecule has 1 atom stereocenters. The number of nitro groups is 1. The Bertz CT molecular complexity index is 551. The topological polar surface area (TPSA) is 83.8 Å². The van der Waals surface area contributed by atoms with E-state index in [0.29, 0.717) is 5.69 Å². The Kier molecular flexibility index (Phi) is 3.27. The van der Waals surface area contributed by atoms with E-state index >= 15 is 0 Å². The molecule has 2 N–H and O–H groups in total. The number of nitro benzene ring substituents is 1. The average Bonchev–Trinajstić information content (AvgIpc) is 2.84. The maximum Gasteiger partial charge on any atom is 0.292 e. The van der Waals surface area contributed by atoms with Gasteiger partial charge in [-0.05, 0) is 31.5 Å². The number of rotatable bonds is 4. The number of benzene rings is 1. The maximum atomic E-state index is 11.0. The van der Waals surface area contributed by atoms with Crippen molar-refractivity contribution in [3.05, 3.63) is 51.8 Å². The molecule has 1 aromatic heterocycles. The van der Waals surface area contributed by atoms with E-state index in [1.54, 1.807) is 18.3 Å². The summed E-state index contributed by atoms with van der Waals surface area (Å²) in [6.07, 6.45) is 1.65. The van der Waals surface area contributed by atoms with E-state index in [2.05, 4.69) is 15.5 Å². The van der Waals surface area contributed by atoms with E-state index in [1.165, 1.54) is 0 Å². The van der Waals surface area contributed by atoms with Crippen LogP contribution in [-0.4, -0.2) is 15.1 Å². The van der Waals surface area contributed by atoms with E-state index in [9.17, 15) is 10.1 Å². The summed E-state index contributed by atoms with van der Waals surface area (Å²) in [5, 5.41) is 20.8. The molecule has 0 fully saturated rings. The average molecular weight is 246 g/mol. The number of hydrogen-bond acceptors (Lipinski definition) is 4. The van der Waals surface area contributed by atoms with Crippen LogP contribution < -0.4 is 5.32 Å². The molecule has 6 nitrogen and oxygen atoms in total. The third-order valence-electron chi connectivity index (χ3n) is 2.71. The first-order chi connectivity index (χ1) is 8.58. The second-order valence-electron chi connectivity index (χ2n) is 4.16. The van der Waals surface area contributed by atoms with Crippen molar-refractivity contribution in [2.75, 3.05) is 5.32 Å². The third kappa shape index (κ3) is 2.48. The molecular formula is C12H14N4O2. The molecule has 0 bridgehead atoms. The summed E-state index contributed by atoms with van der Waals surface area (Å²) in [5.74, 6) is 0. The van der Waals surface area contributed by atoms with Crippen molar-refractivity contribution in [2.45, 2.75) is 19.9 Å². The Labute approximate surface area is 104 Å². The Morgan fingerprint density at radius 1 is 1.44 bits per heavy atom. The van der Waals surface area contributed by atoms with Crippen LogP contribution in [0.4, 0.5) is 11.4 Å². The van der Waals surface area contributed by atoms with Crippen LogP contribution in [0.1, 0.15) is 24.2 Å². The lowest BCUT2D eigenvalue weighted by Crippen LogP contribution is -2.09. The lowest BCUT2D eigenvalue weighted by atomic mass is 10.1. The van der Waals surface area contributed by atoms with Crippen molar-refractivity contribution in [1.82, 2.24) is 10.2 Å². The van der Waals surface area contributed by atoms with Crippen molar-refractivity contribution in [2.24, 2.45) is 0 Å². The Balaban J connectivity index is 2.26. The zero-order valence-electron chi connectivity index (χ0n) is 10.2. The molecule has 6 heteroatoms. The number of anilines is 1. The highest BCUT2D eigenvalue weighted by Gasteiger charge is 2.16. The second kappa shape index (κ2) is 4.87. The third-order valence-corrected chi connectivity index (χ3v) is 2.71. The molecule has 0 saturated carbocycles. The molecule has 2 aromatic rings. The van der Waals surface area contributed by atoms with Gasteiger partial charge in [-0.1, -0.05) is 6.07 Å². The number of aryl methyl sites for hydroxylation is 1. The number of nitrogens with one attached hydrogen (secondary N) is 2. The smallest absolute Gasteiger partial charge is 0.292 e. The summed E-state index contributed by atoms with van der Waals surface area (Å²) in [6.45, 7) is 3.74. The van der Waals surface area contributed by atoms with Gasteiger partial charge < -0.3 is 5.32 Å². The van der Waals surface area contributed by atoms with Gasteiger partial charge in [0.05, 0.1) is 16.7 Å². The summed E-state index contributed by atoms with van der Waals surface area (Å²) >= 11 is 0. The summed E-state index contributed by atoms with van der Waals surface area (Å²) in [4.78, 5) is 10.6. The van der Waals surface area contributed by atoms with Gasteiger partial charge in [0.1, 0.15) is 5.69 Å². The number of aromatic nitrogens is 2. The van der Waals surface area contributed by atoms with Crippen molar-refractivity contribution < 1.29 is 4.92 Å². The van der Waals surface area contributed by atoms with E-state index in [0.717, 1.165) is 11.3 Å². The lowest BCUT2D eigenvalue weighted by molar-refractivity contribution is -0.384. The van der Waals surface area contributed by atoms with Gasteiger partial charge in [0.25, 0.3) is 5.69 Å². The van der Waals surface area contributed by atoms with Crippen LogP contribution in [-0.2, 0) is 0 Å². The number of nitrogens with zero attached hydrogens (tertiary/aromatic N) is 2. The molecule has 18 heavy (non-hydrogen) atoms. The van der Waals surface area contributed by atoms with Crippen LogP contribution in [0, 0.1) is 17.0 Å². The summed E-state index contributed by atoms with van der Waals surface area (Å²) in [5.41, 5.74) is 2.33. The van der Waals surface area contributed by atoms with Crippen molar-refractivity contribution in [3.8, 4) is 0 Å². The molecule has 0 aliphatic rings. The van der Waals surface area contributed by atoms with Crippen LogP contribution in [0.3, 0.4) is 0 Å². The molecule has 2 rings (SSSR count). The van der Waals surface area contributed by atoms with E-state index in [4.69, 9.17) is 0 Å². The largest absolute Gasteiger partial charge is 0.371 e. The molecule has 0 spiro atoms. The van der Waals surface area contributed by atoms with Gasteiger partial charge in [-0.2, -0.15) is 5.10 Å². The van der Waals surface area contributed by atoms with Crippen molar-refractivity contribution >= 4 is 11.4 Å². The fourth-order valence-corrected chi connectivity index (χ4v) is 1.73. The fraction of sp³-hybridized carbons (Fsp3) is 0.250. The maximum absolute atomic E-state index is 11.0.